The molecule has 132 valence electrons. The number of carbonyl (C=O) groups excluding carboxylic acids is 1. The van der Waals surface area contributed by atoms with Gasteiger partial charge >= 0.3 is 0 Å². The molecule has 1 aromatic carbocycles. The zero-order valence-corrected chi connectivity index (χ0v) is 14.8. The molecule has 0 unspecified atom stereocenters. The number of anilines is 1. The molecule has 0 bridgehead atoms. The fourth-order valence-electron chi connectivity index (χ4n) is 2.41. The summed E-state index contributed by atoms with van der Waals surface area (Å²) in [7, 11) is -0.689. The van der Waals surface area contributed by atoms with Crippen molar-refractivity contribution < 1.29 is 17.9 Å². The number of carbonyl (C=O) groups is 1. The van der Waals surface area contributed by atoms with Crippen molar-refractivity contribution in [2.75, 3.05) is 51.8 Å². The van der Waals surface area contributed by atoms with Crippen molar-refractivity contribution in [1.82, 2.24) is 9.62 Å². The van der Waals surface area contributed by atoms with Gasteiger partial charge in [0.15, 0.2) is 0 Å². The molecular weight excluding hydrogens is 330 g/mol. The minimum Gasteiger partial charge on any atom is -0.378 e. The monoisotopic (exact) mass is 353 g/mol. The van der Waals surface area contributed by atoms with Crippen LogP contribution in [0.4, 0.5) is 5.69 Å². The predicted octanol–water partition coefficient (Wildman–Crippen LogP) is 0.689. The molecule has 0 aliphatic carbocycles. The first-order valence-corrected chi connectivity index (χ1v) is 9.10. The van der Waals surface area contributed by atoms with Crippen molar-refractivity contribution in [3.63, 3.8) is 0 Å². The number of rotatable bonds is 6. The van der Waals surface area contributed by atoms with Crippen molar-refractivity contribution in [3.05, 3.63) is 36.4 Å². The number of benzene rings is 1. The number of sulfonamides is 1. The van der Waals surface area contributed by atoms with Crippen LogP contribution in [0.2, 0.25) is 0 Å². The van der Waals surface area contributed by atoms with Gasteiger partial charge in [0.2, 0.25) is 10.0 Å². The lowest BCUT2D eigenvalue weighted by molar-refractivity contribution is 0.0956. The van der Waals surface area contributed by atoms with Gasteiger partial charge in [-0.25, -0.2) is 12.7 Å². The summed E-state index contributed by atoms with van der Waals surface area (Å²) in [6.07, 6.45) is 1.58. The largest absolute Gasteiger partial charge is 0.378 e. The van der Waals surface area contributed by atoms with E-state index in [1.807, 2.05) is 4.90 Å². The second-order valence-electron chi connectivity index (χ2n) is 5.56. The van der Waals surface area contributed by atoms with Crippen molar-refractivity contribution in [2.24, 2.45) is 0 Å². The van der Waals surface area contributed by atoms with Gasteiger partial charge < -0.3 is 15.0 Å². The lowest BCUT2D eigenvalue weighted by Crippen LogP contribution is -2.38. The maximum atomic E-state index is 12.5. The quantitative estimate of drug-likeness (QED) is 0.761. The Morgan fingerprint density at radius 3 is 2.62 bits per heavy atom. The van der Waals surface area contributed by atoms with Crippen LogP contribution < -0.4 is 10.2 Å². The third-order valence-electron chi connectivity index (χ3n) is 3.75. The molecule has 1 N–H and O–H groups in total. The zero-order valence-electron chi connectivity index (χ0n) is 14.0. The average Bonchev–Trinajstić information content (AvgIpc) is 2.59. The SMILES string of the molecule is C=CCNC(=O)c1cc(S(=O)(=O)N(C)C)ccc1N1CCOCC1. The number of ether oxygens (including phenoxy) is 1. The molecule has 0 atom stereocenters. The Morgan fingerprint density at radius 1 is 1.38 bits per heavy atom. The Morgan fingerprint density at radius 2 is 2.04 bits per heavy atom. The summed E-state index contributed by atoms with van der Waals surface area (Å²) in [4.78, 5) is 14.6. The van der Waals surface area contributed by atoms with E-state index in [1.165, 1.54) is 26.2 Å². The van der Waals surface area contributed by atoms with E-state index in [2.05, 4.69) is 11.9 Å². The molecule has 1 fully saturated rings. The lowest BCUT2D eigenvalue weighted by Gasteiger charge is -2.30. The first kappa shape index (κ1) is 18.4. The minimum absolute atomic E-state index is 0.0910. The molecule has 24 heavy (non-hydrogen) atoms. The van der Waals surface area contributed by atoms with E-state index in [4.69, 9.17) is 4.74 Å². The van der Waals surface area contributed by atoms with Crippen LogP contribution in [-0.2, 0) is 14.8 Å². The fraction of sp³-hybridized carbons (Fsp3) is 0.438. The molecule has 8 heteroatoms. The molecule has 0 radical (unpaired) electrons. The molecule has 0 saturated carbocycles. The van der Waals surface area contributed by atoms with Crippen LogP contribution >= 0.6 is 0 Å². The number of amides is 1. The summed E-state index contributed by atoms with van der Waals surface area (Å²) in [5.41, 5.74) is 1.04. The maximum Gasteiger partial charge on any atom is 0.253 e. The normalized spacial score (nSPS) is 15.4. The zero-order chi connectivity index (χ0) is 17.7. The molecule has 1 saturated heterocycles. The molecule has 1 heterocycles. The van der Waals surface area contributed by atoms with Crippen LogP contribution in [0.15, 0.2) is 35.7 Å². The Labute approximate surface area is 142 Å². The van der Waals surface area contributed by atoms with E-state index in [9.17, 15) is 13.2 Å². The average molecular weight is 353 g/mol. The summed E-state index contributed by atoms with van der Waals surface area (Å²) < 4.78 is 31.2. The second kappa shape index (κ2) is 7.78. The van der Waals surface area contributed by atoms with E-state index in [0.717, 1.165) is 4.31 Å². The first-order valence-electron chi connectivity index (χ1n) is 7.66. The molecule has 7 nitrogen and oxygen atoms in total. The molecule has 2 rings (SSSR count). The van der Waals surface area contributed by atoms with E-state index in [0.29, 0.717) is 44.1 Å². The van der Waals surface area contributed by atoms with Gasteiger partial charge in [-0.3, -0.25) is 4.79 Å². The first-order chi connectivity index (χ1) is 11.4. The van der Waals surface area contributed by atoms with Gasteiger partial charge in [0.1, 0.15) is 0 Å². The third-order valence-corrected chi connectivity index (χ3v) is 5.56. The van der Waals surface area contributed by atoms with Gasteiger partial charge in [-0.2, -0.15) is 0 Å². The van der Waals surface area contributed by atoms with Crippen molar-refractivity contribution in [1.29, 1.82) is 0 Å². The van der Waals surface area contributed by atoms with Crippen LogP contribution in [0, 0.1) is 0 Å². The highest BCUT2D eigenvalue weighted by Crippen LogP contribution is 2.26. The van der Waals surface area contributed by atoms with Crippen molar-refractivity contribution >= 4 is 21.6 Å². The Bertz CT molecular complexity index is 710. The lowest BCUT2D eigenvalue weighted by atomic mass is 10.1. The number of hydrogen-bond acceptors (Lipinski definition) is 5. The summed E-state index contributed by atoms with van der Waals surface area (Å²) in [6.45, 7) is 6.34. The number of nitrogens with zero attached hydrogens (tertiary/aromatic N) is 2. The van der Waals surface area contributed by atoms with E-state index in [1.54, 1.807) is 12.1 Å². The van der Waals surface area contributed by atoms with Crippen LogP contribution in [0.5, 0.6) is 0 Å². The molecule has 0 aromatic heterocycles. The highest BCUT2D eigenvalue weighted by atomic mass is 32.2. The molecule has 1 aliphatic rings. The highest BCUT2D eigenvalue weighted by molar-refractivity contribution is 7.89. The molecule has 1 aliphatic heterocycles. The summed E-state index contributed by atoms with van der Waals surface area (Å²) >= 11 is 0. The van der Waals surface area contributed by atoms with Gasteiger partial charge in [0.25, 0.3) is 5.91 Å². The number of hydrogen-bond donors (Lipinski definition) is 1. The van der Waals surface area contributed by atoms with E-state index < -0.39 is 10.0 Å². The maximum absolute atomic E-state index is 12.5. The molecule has 1 aromatic rings. The number of nitrogens with one attached hydrogen (secondary N) is 1. The standard InChI is InChI=1S/C16H23N3O4S/c1-4-7-17-16(20)14-12-13(24(21,22)18(2)3)5-6-15(14)19-8-10-23-11-9-19/h4-6,12H,1,7-11H2,2-3H3,(H,17,20). The fourth-order valence-corrected chi connectivity index (χ4v) is 3.34. The van der Waals surface area contributed by atoms with Crippen molar-refractivity contribution in [2.45, 2.75) is 4.90 Å². The van der Waals surface area contributed by atoms with Crippen LogP contribution in [-0.4, -0.2) is 65.6 Å². The van der Waals surface area contributed by atoms with E-state index in [-0.39, 0.29) is 10.8 Å². The minimum atomic E-state index is -3.61. The summed E-state index contributed by atoms with van der Waals surface area (Å²) in [6, 6.07) is 4.65. The summed E-state index contributed by atoms with van der Waals surface area (Å²) in [5.74, 6) is -0.327. The summed E-state index contributed by atoms with van der Waals surface area (Å²) in [5, 5.41) is 2.71. The van der Waals surface area contributed by atoms with Crippen molar-refractivity contribution in [3.8, 4) is 0 Å². The molecular formula is C16H23N3O4S. The van der Waals surface area contributed by atoms with Crippen LogP contribution in [0.1, 0.15) is 10.4 Å². The van der Waals surface area contributed by atoms with Gasteiger partial charge in [0, 0.05) is 39.4 Å². The molecule has 1 amide bonds. The predicted molar refractivity (Wildman–Crippen MR) is 92.9 cm³/mol. The van der Waals surface area contributed by atoms with Gasteiger partial charge in [-0.05, 0) is 18.2 Å². The third kappa shape index (κ3) is 3.95. The molecule has 0 spiro atoms. The van der Waals surface area contributed by atoms with Gasteiger partial charge in [0.05, 0.1) is 23.7 Å². The van der Waals surface area contributed by atoms with Crippen LogP contribution in [0.3, 0.4) is 0 Å². The van der Waals surface area contributed by atoms with Crippen LogP contribution in [0.25, 0.3) is 0 Å². The Hall–Kier alpha value is -1.90. The van der Waals surface area contributed by atoms with Gasteiger partial charge in [-0.1, -0.05) is 6.08 Å². The smallest absolute Gasteiger partial charge is 0.253 e. The Kier molecular flexibility index (Phi) is 5.98. The van der Waals surface area contributed by atoms with E-state index >= 15 is 0 Å². The number of morpholine rings is 1. The van der Waals surface area contributed by atoms with Gasteiger partial charge in [-0.15, -0.1) is 6.58 Å². The second-order valence-corrected chi connectivity index (χ2v) is 7.72. The Balaban J connectivity index is 2.46. The topological polar surface area (TPSA) is 79.0 Å². The highest BCUT2D eigenvalue weighted by Gasteiger charge is 2.24.